The van der Waals surface area contributed by atoms with E-state index >= 15 is 0 Å². The van der Waals surface area contributed by atoms with Gasteiger partial charge in [0, 0.05) is 5.02 Å². The highest BCUT2D eigenvalue weighted by atomic mass is 35.5. The molecule has 1 fully saturated rings. The molecule has 0 aromatic heterocycles. The van der Waals surface area contributed by atoms with Crippen molar-refractivity contribution in [2.24, 2.45) is 0 Å². The van der Waals surface area contributed by atoms with Crippen LogP contribution in [0.2, 0.25) is 5.02 Å². The van der Waals surface area contributed by atoms with E-state index in [-0.39, 0.29) is 23.3 Å². The van der Waals surface area contributed by atoms with Crippen LogP contribution in [-0.4, -0.2) is 15.9 Å². The van der Waals surface area contributed by atoms with Crippen molar-refractivity contribution in [1.29, 1.82) is 0 Å². The van der Waals surface area contributed by atoms with Crippen LogP contribution in [0.4, 0.5) is 8.78 Å². The first-order valence-electron chi connectivity index (χ1n) is 6.98. The molecule has 0 bridgehead atoms. The normalized spacial score (nSPS) is 16.0. The fourth-order valence-electron chi connectivity index (χ4n) is 2.28. The highest BCUT2D eigenvalue weighted by molar-refractivity contribution is 7.80. The number of nitrogens with zero attached hydrogens (tertiary/aromatic N) is 1. The van der Waals surface area contributed by atoms with Gasteiger partial charge in [0.25, 0.3) is 5.91 Å². The van der Waals surface area contributed by atoms with E-state index in [9.17, 15) is 13.6 Å². The smallest absolute Gasteiger partial charge is 0.276 e. The monoisotopic (exact) mass is 364 g/mol. The van der Waals surface area contributed by atoms with Gasteiger partial charge in [0.15, 0.2) is 16.7 Å². The third-order valence-electron chi connectivity index (χ3n) is 3.50. The zero-order valence-electron chi connectivity index (χ0n) is 12.2. The predicted octanol–water partition coefficient (Wildman–Crippen LogP) is 3.88. The Bertz CT molecular complexity index is 869. The third-order valence-corrected chi connectivity index (χ3v) is 4.19. The third kappa shape index (κ3) is 3.29. The van der Waals surface area contributed by atoms with Gasteiger partial charge in [-0.15, -0.1) is 0 Å². The minimum atomic E-state index is -0.981. The Balaban J connectivity index is 1.84. The zero-order valence-corrected chi connectivity index (χ0v) is 13.8. The van der Waals surface area contributed by atoms with Gasteiger partial charge in [-0.1, -0.05) is 35.9 Å². The Labute approximate surface area is 147 Å². The number of amides is 1. The molecule has 0 radical (unpaired) electrons. The van der Waals surface area contributed by atoms with Gasteiger partial charge in [-0.05, 0) is 47.6 Å². The van der Waals surface area contributed by atoms with Gasteiger partial charge in [0.05, 0.1) is 6.54 Å². The summed E-state index contributed by atoms with van der Waals surface area (Å²) in [5.74, 6) is -2.28. The largest absolute Gasteiger partial charge is 0.328 e. The van der Waals surface area contributed by atoms with E-state index in [1.165, 1.54) is 17.0 Å². The molecular formula is C17H11ClF2N2OS. The molecule has 24 heavy (non-hydrogen) atoms. The van der Waals surface area contributed by atoms with E-state index in [0.717, 1.165) is 17.7 Å². The molecule has 2 aromatic carbocycles. The second kappa shape index (κ2) is 6.67. The number of carbonyl (C=O) groups is 1. The Morgan fingerprint density at radius 1 is 1.17 bits per heavy atom. The summed E-state index contributed by atoms with van der Waals surface area (Å²) < 4.78 is 26.2. The molecule has 2 aromatic rings. The van der Waals surface area contributed by atoms with Crippen LogP contribution in [0, 0.1) is 11.6 Å². The first-order valence-corrected chi connectivity index (χ1v) is 7.77. The first-order chi connectivity index (χ1) is 11.5. The van der Waals surface area contributed by atoms with Gasteiger partial charge in [-0.3, -0.25) is 9.69 Å². The molecule has 0 aliphatic carbocycles. The maximum absolute atomic E-state index is 13.3. The Morgan fingerprint density at radius 2 is 1.92 bits per heavy atom. The average Bonchev–Trinajstić information content (AvgIpc) is 2.80. The SMILES string of the molecule is O=C1C(=Cc2ccc(F)c(F)c2)NC(=S)N1Cc1ccccc1Cl. The molecule has 1 aliphatic heterocycles. The average molecular weight is 365 g/mol. The van der Waals surface area contributed by atoms with E-state index < -0.39 is 11.6 Å². The fraction of sp³-hybridized carbons (Fsp3) is 0.0588. The molecule has 3 nitrogen and oxygen atoms in total. The van der Waals surface area contributed by atoms with Gasteiger partial charge in [0.1, 0.15) is 5.70 Å². The van der Waals surface area contributed by atoms with Crippen LogP contribution in [0.3, 0.4) is 0 Å². The zero-order chi connectivity index (χ0) is 17.3. The predicted molar refractivity (Wildman–Crippen MR) is 92.1 cm³/mol. The molecule has 1 aliphatic rings. The van der Waals surface area contributed by atoms with Gasteiger partial charge in [-0.2, -0.15) is 0 Å². The molecule has 3 rings (SSSR count). The number of rotatable bonds is 3. The number of thiocarbonyl (C=S) groups is 1. The molecule has 0 saturated carbocycles. The Kier molecular flexibility index (Phi) is 4.59. The van der Waals surface area contributed by atoms with Crippen LogP contribution < -0.4 is 5.32 Å². The van der Waals surface area contributed by atoms with E-state index in [4.69, 9.17) is 23.8 Å². The quantitative estimate of drug-likeness (QED) is 0.662. The van der Waals surface area contributed by atoms with Crippen molar-refractivity contribution >= 4 is 40.9 Å². The van der Waals surface area contributed by atoms with Gasteiger partial charge in [0.2, 0.25) is 0 Å². The molecule has 7 heteroatoms. The highest BCUT2D eigenvalue weighted by Crippen LogP contribution is 2.21. The van der Waals surface area contributed by atoms with E-state index in [2.05, 4.69) is 5.32 Å². The number of benzene rings is 2. The standard InChI is InChI=1S/C17H11ClF2N2OS/c18-12-4-2-1-3-11(12)9-22-16(23)15(21-17(22)24)8-10-5-6-13(19)14(20)7-10/h1-8H,9H2,(H,21,24). The molecule has 122 valence electrons. The lowest BCUT2D eigenvalue weighted by Gasteiger charge is -2.14. The van der Waals surface area contributed by atoms with Crippen LogP contribution in [0.5, 0.6) is 0 Å². The number of halogens is 3. The van der Waals surface area contributed by atoms with Crippen LogP contribution >= 0.6 is 23.8 Å². The number of hydrogen-bond acceptors (Lipinski definition) is 2. The molecular weight excluding hydrogens is 354 g/mol. The summed E-state index contributed by atoms with van der Waals surface area (Å²) in [7, 11) is 0. The van der Waals surface area contributed by atoms with Crippen molar-refractivity contribution in [2.75, 3.05) is 0 Å². The molecule has 1 amide bonds. The van der Waals surface area contributed by atoms with E-state index in [1.807, 2.05) is 6.07 Å². The van der Waals surface area contributed by atoms with Crippen molar-refractivity contribution in [3.8, 4) is 0 Å². The molecule has 1 N–H and O–H groups in total. The van der Waals surface area contributed by atoms with Crippen LogP contribution in [0.1, 0.15) is 11.1 Å². The lowest BCUT2D eigenvalue weighted by Crippen LogP contribution is -2.30. The molecule has 0 atom stereocenters. The summed E-state index contributed by atoms with van der Waals surface area (Å²) in [6, 6.07) is 10.5. The van der Waals surface area contributed by atoms with E-state index in [1.54, 1.807) is 18.2 Å². The van der Waals surface area contributed by atoms with Gasteiger partial charge < -0.3 is 5.32 Å². The minimum absolute atomic E-state index is 0.193. The topological polar surface area (TPSA) is 32.3 Å². The van der Waals surface area contributed by atoms with E-state index in [0.29, 0.717) is 10.6 Å². The summed E-state index contributed by atoms with van der Waals surface area (Å²) in [6.45, 7) is 0.222. The molecule has 0 spiro atoms. The maximum Gasteiger partial charge on any atom is 0.276 e. The summed E-state index contributed by atoms with van der Waals surface area (Å²) in [5, 5.41) is 3.55. The Morgan fingerprint density at radius 3 is 2.62 bits per heavy atom. The summed E-state index contributed by atoms with van der Waals surface area (Å²) in [5.41, 5.74) is 1.30. The van der Waals surface area contributed by atoms with Crippen molar-refractivity contribution < 1.29 is 13.6 Å². The number of hydrogen-bond donors (Lipinski definition) is 1. The van der Waals surface area contributed by atoms with Gasteiger partial charge in [-0.25, -0.2) is 8.78 Å². The van der Waals surface area contributed by atoms with Crippen LogP contribution in [-0.2, 0) is 11.3 Å². The number of carbonyl (C=O) groups excluding carboxylic acids is 1. The van der Waals surface area contributed by atoms with Crippen molar-refractivity contribution in [3.05, 3.63) is 75.9 Å². The lowest BCUT2D eigenvalue weighted by atomic mass is 10.1. The summed E-state index contributed by atoms with van der Waals surface area (Å²) in [4.78, 5) is 13.8. The minimum Gasteiger partial charge on any atom is -0.328 e. The van der Waals surface area contributed by atoms with Crippen molar-refractivity contribution in [2.45, 2.75) is 6.54 Å². The fourth-order valence-corrected chi connectivity index (χ4v) is 2.73. The lowest BCUT2D eigenvalue weighted by molar-refractivity contribution is -0.122. The summed E-state index contributed by atoms with van der Waals surface area (Å²) >= 11 is 11.3. The molecule has 1 saturated heterocycles. The Hall–Kier alpha value is -2.31. The van der Waals surface area contributed by atoms with Crippen molar-refractivity contribution in [1.82, 2.24) is 10.2 Å². The molecule has 0 unspecified atom stereocenters. The van der Waals surface area contributed by atoms with Gasteiger partial charge >= 0.3 is 0 Å². The van der Waals surface area contributed by atoms with Crippen molar-refractivity contribution in [3.63, 3.8) is 0 Å². The summed E-state index contributed by atoms with van der Waals surface area (Å²) in [6.07, 6.45) is 1.42. The molecule has 1 heterocycles. The highest BCUT2D eigenvalue weighted by Gasteiger charge is 2.31. The van der Waals surface area contributed by atoms with Crippen LogP contribution in [0.25, 0.3) is 6.08 Å². The maximum atomic E-state index is 13.3. The van der Waals surface area contributed by atoms with Crippen LogP contribution in [0.15, 0.2) is 48.2 Å². The second-order valence-corrected chi connectivity index (χ2v) is 5.94. The second-order valence-electron chi connectivity index (χ2n) is 5.14. The number of nitrogens with one attached hydrogen (secondary N) is 1. The first kappa shape index (κ1) is 16.5.